The zero-order valence-electron chi connectivity index (χ0n) is 13.1. The summed E-state index contributed by atoms with van der Waals surface area (Å²) in [5.74, 6) is -9.61. The molecule has 4 N–H and O–H groups in total. The molecular weight excluding hydrogens is 320 g/mol. The van der Waals surface area contributed by atoms with Crippen LogP contribution in [-0.4, -0.2) is 44.3 Å². The van der Waals surface area contributed by atoms with E-state index in [1.54, 1.807) is 0 Å². The van der Waals surface area contributed by atoms with Crippen molar-refractivity contribution in [3.63, 3.8) is 0 Å². The van der Waals surface area contributed by atoms with Gasteiger partial charge < -0.3 is 20.4 Å². The topological polar surface area (TPSA) is 149 Å². The van der Waals surface area contributed by atoms with Gasteiger partial charge in [0, 0.05) is 0 Å². The lowest BCUT2D eigenvalue weighted by molar-refractivity contribution is -0.159. The van der Waals surface area contributed by atoms with E-state index in [9.17, 15) is 19.2 Å². The molecule has 0 spiro atoms. The molecule has 0 aromatic heterocycles. The average molecular weight is 342 g/mol. The zero-order valence-corrected chi connectivity index (χ0v) is 13.1. The minimum atomic E-state index is -1.57. The number of hydrogen-bond acceptors (Lipinski definition) is 4. The largest absolute Gasteiger partial charge is 0.481 e. The Morgan fingerprint density at radius 1 is 0.708 bits per heavy atom. The van der Waals surface area contributed by atoms with Gasteiger partial charge in [0.05, 0.1) is 0 Å². The third-order valence-corrected chi connectivity index (χ3v) is 4.51. The fraction of sp³-hybridized carbons (Fsp3) is 0.625. The van der Waals surface area contributed by atoms with Crippen molar-refractivity contribution in [3.8, 4) is 0 Å². The van der Waals surface area contributed by atoms with Crippen molar-refractivity contribution in [2.75, 3.05) is 0 Å². The molecule has 0 aromatic rings. The van der Waals surface area contributed by atoms with Gasteiger partial charge in [-0.15, -0.1) is 0 Å². The first kappa shape index (κ1) is 19.7. The van der Waals surface area contributed by atoms with Gasteiger partial charge in [0.15, 0.2) is 11.8 Å². The lowest BCUT2D eigenvalue weighted by atomic mass is 9.74. The molecule has 2 atom stereocenters. The highest BCUT2D eigenvalue weighted by molar-refractivity contribution is 5.93. The van der Waals surface area contributed by atoms with Crippen molar-refractivity contribution in [2.45, 2.75) is 38.5 Å². The summed E-state index contributed by atoms with van der Waals surface area (Å²) in [6, 6.07) is 0. The minimum Gasteiger partial charge on any atom is -0.481 e. The molecule has 0 heterocycles. The Hall–Kier alpha value is -2.38. The number of hydrogen-bond donors (Lipinski definition) is 4. The Kier molecular flexibility index (Phi) is 7.41. The van der Waals surface area contributed by atoms with Crippen LogP contribution in [0, 0.1) is 23.7 Å². The minimum absolute atomic E-state index is 0.130. The van der Waals surface area contributed by atoms with Crippen molar-refractivity contribution < 1.29 is 39.6 Å². The molecule has 0 saturated heterocycles. The summed E-state index contributed by atoms with van der Waals surface area (Å²) in [5, 5.41) is 36.2. The van der Waals surface area contributed by atoms with Crippen LogP contribution < -0.4 is 0 Å². The first-order valence-corrected chi connectivity index (χ1v) is 7.80. The third-order valence-electron chi connectivity index (χ3n) is 4.51. The Morgan fingerprint density at radius 2 is 1.00 bits per heavy atom. The molecule has 24 heavy (non-hydrogen) atoms. The lowest BCUT2D eigenvalue weighted by Crippen LogP contribution is -2.32. The van der Waals surface area contributed by atoms with E-state index in [1.165, 1.54) is 0 Å². The van der Waals surface area contributed by atoms with Crippen LogP contribution >= 0.6 is 0 Å². The van der Waals surface area contributed by atoms with E-state index in [0.717, 1.165) is 0 Å². The second kappa shape index (κ2) is 9.05. The Balaban J connectivity index is 2.98. The van der Waals surface area contributed by atoms with Crippen LogP contribution in [0.1, 0.15) is 38.5 Å². The maximum atomic E-state index is 11.1. The van der Waals surface area contributed by atoms with Crippen LogP contribution in [0.15, 0.2) is 12.2 Å². The molecule has 0 radical (unpaired) electrons. The van der Waals surface area contributed by atoms with E-state index in [4.69, 9.17) is 20.4 Å². The predicted molar refractivity (Wildman–Crippen MR) is 81.3 cm³/mol. The predicted octanol–water partition coefficient (Wildman–Crippen LogP) is 1.70. The number of carboxylic acid groups (broad SMARTS) is 4. The quantitative estimate of drug-likeness (QED) is 0.384. The van der Waals surface area contributed by atoms with Gasteiger partial charge in [-0.3, -0.25) is 19.2 Å². The Labute approximate surface area is 138 Å². The van der Waals surface area contributed by atoms with Crippen molar-refractivity contribution >= 4 is 23.9 Å². The molecule has 1 aliphatic carbocycles. The molecule has 0 aromatic carbocycles. The van der Waals surface area contributed by atoms with Crippen molar-refractivity contribution in [2.24, 2.45) is 23.7 Å². The summed E-state index contributed by atoms with van der Waals surface area (Å²) < 4.78 is 0. The summed E-state index contributed by atoms with van der Waals surface area (Å²) in [6.07, 6.45) is 5.84. The van der Waals surface area contributed by atoms with Gasteiger partial charge in [-0.25, -0.2) is 0 Å². The van der Waals surface area contributed by atoms with E-state index in [-0.39, 0.29) is 24.7 Å². The van der Waals surface area contributed by atoms with Gasteiger partial charge in [-0.1, -0.05) is 12.2 Å². The van der Waals surface area contributed by atoms with E-state index < -0.39 is 35.7 Å². The van der Waals surface area contributed by atoms with E-state index in [0.29, 0.717) is 25.7 Å². The van der Waals surface area contributed by atoms with Gasteiger partial charge in [0.25, 0.3) is 0 Å². The first-order chi connectivity index (χ1) is 11.2. The normalized spacial score (nSPS) is 22.6. The fourth-order valence-corrected chi connectivity index (χ4v) is 3.17. The highest BCUT2D eigenvalue weighted by atomic mass is 16.4. The smallest absolute Gasteiger partial charge is 0.317 e. The Morgan fingerprint density at radius 3 is 1.25 bits per heavy atom. The molecule has 134 valence electrons. The zero-order chi connectivity index (χ0) is 18.3. The molecular formula is C16H22O8. The second-order valence-corrected chi connectivity index (χ2v) is 6.08. The van der Waals surface area contributed by atoms with Gasteiger partial charge in [-0.05, 0) is 50.4 Å². The van der Waals surface area contributed by atoms with Crippen molar-refractivity contribution in [1.82, 2.24) is 0 Å². The fourth-order valence-electron chi connectivity index (χ4n) is 3.17. The molecule has 2 unspecified atom stereocenters. The molecule has 0 saturated carbocycles. The molecule has 0 aliphatic heterocycles. The summed E-state index contributed by atoms with van der Waals surface area (Å²) >= 11 is 0. The monoisotopic (exact) mass is 342 g/mol. The standard InChI is InChI=1S/C16H22O8/c17-13(18)11(14(19)20)7-9-5-3-1-2-4-6-10(9)8-12(15(21)22)16(23)24/h1-2,9-12H,3-8H2,(H,17,18)(H,19,20)(H,21,22)(H,23,24)/b2-1-. The average Bonchev–Trinajstić information content (AvgIpc) is 2.43. The molecule has 0 amide bonds. The molecule has 8 heteroatoms. The third kappa shape index (κ3) is 5.68. The summed E-state index contributed by atoms with van der Waals surface area (Å²) in [6.45, 7) is 0. The van der Waals surface area contributed by atoms with Crippen LogP contribution in [0.5, 0.6) is 0 Å². The van der Waals surface area contributed by atoms with Gasteiger partial charge in [-0.2, -0.15) is 0 Å². The maximum absolute atomic E-state index is 11.1. The van der Waals surface area contributed by atoms with Crippen LogP contribution in [-0.2, 0) is 19.2 Å². The van der Waals surface area contributed by atoms with Gasteiger partial charge in [0.1, 0.15) is 0 Å². The van der Waals surface area contributed by atoms with Crippen LogP contribution in [0.2, 0.25) is 0 Å². The van der Waals surface area contributed by atoms with Gasteiger partial charge in [0.2, 0.25) is 0 Å². The number of aliphatic carboxylic acids is 4. The number of allylic oxidation sites excluding steroid dienone is 2. The van der Waals surface area contributed by atoms with E-state index >= 15 is 0 Å². The maximum Gasteiger partial charge on any atom is 0.317 e. The molecule has 8 nitrogen and oxygen atoms in total. The van der Waals surface area contributed by atoms with E-state index in [1.807, 2.05) is 12.2 Å². The highest BCUT2D eigenvalue weighted by Crippen LogP contribution is 2.35. The number of rotatable bonds is 8. The summed E-state index contributed by atoms with van der Waals surface area (Å²) in [7, 11) is 0. The SMILES string of the molecule is O=C(O)C(CC1CC/C=C\CCC1CC(C(=O)O)C(=O)O)C(=O)O. The van der Waals surface area contributed by atoms with Crippen molar-refractivity contribution in [3.05, 3.63) is 12.2 Å². The van der Waals surface area contributed by atoms with Crippen LogP contribution in [0.3, 0.4) is 0 Å². The molecule has 1 aliphatic rings. The second-order valence-electron chi connectivity index (χ2n) is 6.08. The first-order valence-electron chi connectivity index (χ1n) is 7.80. The lowest BCUT2D eigenvalue weighted by Gasteiger charge is -2.30. The highest BCUT2D eigenvalue weighted by Gasteiger charge is 2.36. The number of carboxylic acids is 4. The molecule has 1 rings (SSSR count). The summed E-state index contributed by atoms with van der Waals surface area (Å²) in [5.41, 5.74) is 0. The van der Waals surface area contributed by atoms with E-state index in [2.05, 4.69) is 0 Å². The van der Waals surface area contributed by atoms with Crippen molar-refractivity contribution in [1.29, 1.82) is 0 Å². The van der Waals surface area contributed by atoms with Gasteiger partial charge >= 0.3 is 23.9 Å². The molecule has 0 bridgehead atoms. The summed E-state index contributed by atoms with van der Waals surface area (Å²) in [4.78, 5) is 44.5. The number of carbonyl (C=O) groups is 4. The van der Waals surface area contributed by atoms with Crippen LogP contribution in [0.4, 0.5) is 0 Å². The van der Waals surface area contributed by atoms with Crippen LogP contribution in [0.25, 0.3) is 0 Å². The Bertz CT molecular complexity index is 450. The molecule has 0 fully saturated rings.